The van der Waals surface area contributed by atoms with E-state index in [1.807, 2.05) is 18.2 Å². The standard InChI is InChI=1S/C19H24FNO4/c1-23-18-8-5-15(9-19(18)24-2)12-25-13-17(22)11-21-10-14-3-6-16(20)7-4-14/h3-9,17,21-22H,10-13H2,1-2H3/t17-/m0/s1. The SMILES string of the molecule is COc1ccc(COC[C@@H](O)CNCc2ccc(F)cc2)cc1OC. The fourth-order valence-electron chi connectivity index (χ4n) is 2.33. The fraction of sp³-hybridized carbons (Fsp3) is 0.368. The first-order valence-corrected chi connectivity index (χ1v) is 8.04. The molecule has 2 aromatic carbocycles. The van der Waals surface area contributed by atoms with Crippen molar-refractivity contribution in [1.82, 2.24) is 5.32 Å². The van der Waals surface area contributed by atoms with Crippen LogP contribution in [0.2, 0.25) is 0 Å². The topological polar surface area (TPSA) is 60.0 Å². The molecule has 2 aromatic rings. The number of methoxy groups -OCH3 is 2. The minimum atomic E-state index is -0.624. The van der Waals surface area contributed by atoms with Crippen molar-refractivity contribution in [2.45, 2.75) is 19.3 Å². The van der Waals surface area contributed by atoms with E-state index < -0.39 is 6.10 Å². The maximum atomic E-state index is 12.8. The molecule has 2 N–H and O–H groups in total. The fourth-order valence-corrected chi connectivity index (χ4v) is 2.33. The van der Waals surface area contributed by atoms with E-state index in [1.54, 1.807) is 26.4 Å². The summed E-state index contributed by atoms with van der Waals surface area (Å²) in [4.78, 5) is 0. The van der Waals surface area contributed by atoms with E-state index in [0.29, 0.717) is 31.2 Å². The van der Waals surface area contributed by atoms with Crippen molar-refractivity contribution >= 4 is 0 Å². The molecule has 0 amide bonds. The minimum Gasteiger partial charge on any atom is -0.493 e. The van der Waals surface area contributed by atoms with Gasteiger partial charge in [-0.1, -0.05) is 18.2 Å². The Kier molecular flexibility index (Phi) is 7.66. The van der Waals surface area contributed by atoms with E-state index in [9.17, 15) is 9.50 Å². The molecule has 5 nitrogen and oxygen atoms in total. The van der Waals surface area contributed by atoms with Gasteiger partial charge in [0, 0.05) is 13.1 Å². The lowest BCUT2D eigenvalue weighted by Crippen LogP contribution is -2.30. The molecule has 0 aliphatic heterocycles. The molecule has 6 heteroatoms. The second kappa shape index (κ2) is 9.98. The Balaban J connectivity index is 1.68. The van der Waals surface area contributed by atoms with Crippen LogP contribution in [0.15, 0.2) is 42.5 Å². The van der Waals surface area contributed by atoms with Crippen molar-refractivity contribution in [3.63, 3.8) is 0 Å². The molecule has 0 saturated carbocycles. The van der Waals surface area contributed by atoms with Crippen molar-refractivity contribution in [2.75, 3.05) is 27.4 Å². The molecule has 1 atom stereocenters. The first-order valence-electron chi connectivity index (χ1n) is 8.04. The van der Waals surface area contributed by atoms with Crippen LogP contribution in [-0.2, 0) is 17.9 Å². The maximum absolute atomic E-state index is 12.8. The Bertz CT molecular complexity index is 648. The van der Waals surface area contributed by atoms with Crippen molar-refractivity contribution < 1.29 is 23.7 Å². The number of hydrogen-bond acceptors (Lipinski definition) is 5. The van der Waals surface area contributed by atoms with Crippen LogP contribution in [0.3, 0.4) is 0 Å². The van der Waals surface area contributed by atoms with Gasteiger partial charge in [-0.25, -0.2) is 4.39 Å². The predicted octanol–water partition coefficient (Wildman–Crippen LogP) is 2.51. The van der Waals surface area contributed by atoms with Gasteiger partial charge in [-0.3, -0.25) is 0 Å². The third-order valence-corrected chi connectivity index (χ3v) is 3.65. The highest BCUT2D eigenvalue weighted by atomic mass is 19.1. The zero-order chi connectivity index (χ0) is 18.1. The lowest BCUT2D eigenvalue weighted by Gasteiger charge is -2.13. The first-order chi connectivity index (χ1) is 12.1. The van der Waals surface area contributed by atoms with Crippen molar-refractivity contribution in [1.29, 1.82) is 0 Å². The van der Waals surface area contributed by atoms with E-state index >= 15 is 0 Å². The van der Waals surface area contributed by atoms with Gasteiger partial charge in [-0.05, 0) is 35.4 Å². The molecule has 2 rings (SSSR count). The molecule has 0 heterocycles. The molecule has 0 spiro atoms. The summed E-state index contributed by atoms with van der Waals surface area (Å²) in [5.74, 6) is 1.05. The second-order valence-electron chi connectivity index (χ2n) is 5.62. The summed E-state index contributed by atoms with van der Waals surface area (Å²) in [6.45, 7) is 1.54. The Hall–Kier alpha value is -2.15. The molecule has 0 aliphatic carbocycles. The van der Waals surface area contributed by atoms with Crippen molar-refractivity contribution in [3.05, 3.63) is 59.4 Å². The number of aliphatic hydroxyl groups is 1. The van der Waals surface area contributed by atoms with Crippen LogP contribution < -0.4 is 14.8 Å². The van der Waals surface area contributed by atoms with Gasteiger partial charge in [0.25, 0.3) is 0 Å². The summed E-state index contributed by atoms with van der Waals surface area (Å²) < 4.78 is 28.8. The minimum absolute atomic E-state index is 0.213. The molecule has 0 bridgehead atoms. The van der Waals surface area contributed by atoms with E-state index in [-0.39, 0.29) is 12.4 Å². The average Bonchev–Trinajstić information content (AvgIpc) is 2.63. The van der Waals surface area contributed by atoms with Gasteiger partial charge >= 0.3 is 0 Å². The predicted molar refractivity (Wildman–Crippen MR) is 93.3 cm³/mol. The Morgan fingerprint density at radius 2 is 1.68 bits per heavy atom. The highest BCUT2D eigenvalue weighted by Crippen LogP contribution is 2.27. The highest BCUT2D eigenvalue weighted by molar-refractivity contribution is 5.42. The van der Waals surface area contributed by atoms with Crippen LogP contribution >= 0.6 is 0 Å². The number of rotatable bonds is 10. The van der Waals surface area contributed by atoms with Crippen LogP contribution in [0.5, 0.6) is 11.5 Å². The van der Waals surface area contributed by atoms with Gasteiger partial charge in [-0.2, -0.15) is 0 Å². The van der Waals surface area contributed by atoms with Gasteiger partial charge in [-0.15, -0.1) is 0 Å². The lowest BCUT2D eigenvalue weighted by atomic mass is 10.2. The molecule has 136 valence electrons. The summed E-state index contributed by atoms with van der Waals surface area (Å²) in [5.41, 5.74) is 1.89. The molecule has 0 aromatic heterocycles. The summed E-state index contributed by atoms with van der Waals surface area (Å²) >= 11 is 0. The van der Waals surface area contributed by atoms with E-state index in [4.69, 9.17) is 14.2 Å². The van der Waals surface area contributed by atoms with E-state index in [0.717, 1.165) is 11.1 Å². The number of nitrogens with one attached hydrogen (secondary N) is 1. The van der Waals surface area contributed by atoms with Crippen LogP contribution in [0.1, 0.15) is 11.1 Å². The number of aliphatic hydroxyl groups excluding tert-OH is 1. The summed E-state index contributed by atoms with van der Waals surface area (Å²) in [6.07, 6.45) is -0.624. The van der Waals surface area contributed by atoms with Crippen LogP contribution in [0.4, 0.5) is 4.39 Å². The van der Waals surface area contributed by atoms with Crippen LogP contribution in [0.25, 0.3) is 0 Å². The molecular formula is C19H24FNO4. The zero-order valence-electron chi connectivity index (χ0n) is 14.5. The van der Waals surface area contributed by atoms with Crippen molar-refractivity contribution in [2.24, 2.45) is 0 Å². The number of hydrogen-bond donors (Lipinski definition) is 2. The molecule has 0 unspecified atom stereocenters. The van der Waals surface area contributed by atoms with Gasteiger partial charge in [0.2, 0.25) is 0 Å². The maximum Gasteiger partial charge on any atom is 0.161 e. The number of benzene rings is 2. The monoisotopic (exact) mass is 349 g/mol. The van der Waals surface area contributed by atoms with Crippen LogP contribution in [0, 0.1) is 5.82 Å². The van der Waals surface area contributed by atoms with E-state index in [2.05, 4.69) is 5.32 Å². The van der Waals surface area contributed by atoms with Crippen LogP contribution in [-0.4, -0.2) is 38.6 Å². The molecule has 0 radical (unpaired) electrons. The molecule has 0 saturated heterocycles. The average molecular weight is 349 g/mol. The Morgan fingerprint density at radius 3 is 2.36 bits per heavy atom. The Labute approximate surface area is 147 Å². The largest absolute Gasteiger partial charge is 0.493 e. The summed E-state index contributed by atoms with van der Waals surface area (Å²) in [5, 5.41) is 13.1. The van der Waals surface area contributed by atoms with Gasteiger partial charge in [0.1, 0.15) is 5.82 Å². The zero-order valence-corrected chi connectivity index (χ0v) is 14.5. The number of halogens is 1. The normalized spacial score (nSPS) is 12.0. The van der Waals surface area contributed by atoms with Gasteiger partial charge < -0.3 is 24.6 Å². The van der Waals surface area contributed by atoms with E-state index in [1.165, 1.54) is 12.1 Å². The van der Waals surface area contributed by atoms with Gasteiger partial charge in [0.05, 0.1) is 33.5 Å². The molecule has 0 fully saturated rings. The van der Waals surface area contributed by atoms with Gasteiger partial charge in [0.15, 0.2) is 11.5 Å². The molecular weight excluding hydrogens is 325 g/mol. The summed E-state index contributed by atoms with van der Waals surface area (Å²) in [7, 11) is 3.17. The number of ether oxygens (including phenoxy) is 3. The third kappa shape index (κ3) is 6.34. The smallest absolute Gasteiger partial charge is 0.161 e. The van der Waals surface area contributed by atoms with Crippen molar-refractivity contribution in [3.8, 4) is 11.5 Å². The third-order valence-electron chi connectivity index (χ3n) is 3.65. The highest BCUT2D eigenvalue weighted by Gasteiger charge is 2.07. The quantitative estimate of drug-likeness (QED) is 0.690. The summed E-state index contributed by atoms with van der Waals surface area (Å²) in [6, 6.07) is 11.8. The second-order valence-corrected chi connectivity index (χ2v) is 5.62. The molecule has 25 heavy (non-hydrogen) atoms. The molecule has 0 aliphatic rings. The lowest BCUT2D eigenvalue weighted by molar-refractivity contribution is 0.0287. The Morgan fingerprint density at radius 1 is 1.00 bits per heavy atom. The first kappa shape index (κ1) is 19.2.